The van der Waals surface area contributed by atoms with Crippen molar-refractivity contribution in [2.75, 3.05) is 12.4 Å². The van der Waals surface area contributed by atoms with E-state index in [0.717, 1.165) is 39.2 Å². The van der Waals surface area contributed by atoms with E-state index in [1.807, 2.05) is 41.2 Å². The molecule has 7 heteroatoms. The molecule has 0 saturated carbocycles. The monoisotopic (exact) mass is 359 g/mol. The van der Waals surface area contributed by atoms with Crippen LogP contribution in [0.15, 0.2) is 55.0 Å². The molecule has 3 heterocycles. The predicted octanol–water partition coefficient (Wildman–Crippen LogP) is 3.23. The van der Waals surface area contributed by atoms with Gasteiger partial charge in [-0.2, -0.15) is 10.2 Å². The highest BCUT2D eigenvalue weighted by Crippen LogP contribution is 2.41. The van der Waals surface area contributed by atoms with Crippen LogP contribution in [0.3, 0.4) is 0 Å². The number of methoxy groups -OCH3 is 1. The van der Waals surface area contributed by atoms with Crippen molar-refractivity contribution in [2.45, 2.75) is 12.3 Å². The molecule has 27 heavy (non-hydrogen) atoms. The highest BCUT2D eigenvalue weighted by molar-refractivity contribution is 5.98. The van der Waals surface area contributed by atoms with Crippen LogP contribution in [0.1, 0.15) is 23.5 Å². The number of amides is 1. The van der Waals surface area contributed by atoms with Gasteiger partial charge in [0.2, 0.25) is 5.91 Å². The van der Waals surface area contributed by atoms with Gasteiger partial charge >= 0.3 is 0 Å². The highest BCUT2D eigenvalue weighted by Gasteiger charge is 2.29. The lowest BCUT2D eigenvalue weighted by atomic mass is 9.83. The summed E-state index contributed by atoms with van der Waals surface area (Å²) in [6.07, 6.45) is 5.79. The van der Waals surface area contributed by atoms with Crippen molar-refractivity contribution in [3.63, 3.8) is 0 Å². The number of carbonyl (C=O) groups is 1. The van der Waals surface area contributed by atoms with Gasteiger partial charge in [0.05, 0.1) is 24.5 Å². The molecule has 1 aliphatic rings. The first kappa shape index (κ1) is 15.6. The molecule has 1 aliphatic heterocycles. The van der Waals surface area contributed by atoms with Gasteiger partial charge in [0.1, 0.15) is 5.75 Å². The van der Waals surface area contributed by atoms with Gasteiger partial charge in [-0.3, -0.25) is 9.89 Å². The second-order valence-corrected chi connectivity index (χ2v) is 6.58. The fourth-order valence-corrected chi connectivity index (χ4v) is 3.74. The fraction of sp³-hybridized carbons (Fsp3) is 0.150. The van der Waals surface area contributed by atoms with Crippen LogP contribution in [0, 0.1) is 0 Å². The van der Waals surface area contributed by atoms with Crippen molar-refractivity contribution in [1.82, 2.24) is 20.0 Å². The molecule has 1 amide bonds. The third-order valence-corrected chi connectivity index (χ3v) is 5.01. The van der Waals surface area contributed by atoms with Crippen molar-refractivity contribution in [2.24, 2.45) is 0 Å². The second kappa shape index (κ2) is 5.98. The normalized spacial score (nSPS) is 16.2. The number of carbonyl (C=O) groups excluding carboxylic acids is 1. The number of nitrogens with zero attached hydrogens (tertiary/aromatic N) is 3. The van der Waals surface area contributed by atoms with Crippen molar-refractivity contribution in [3.8, 4) is 11.4 Å². The van der Waals surface area contributed by atoms with Crippen LogP contribution in [0.5, 0.6) is 5.75 Å². The molecule has 0 spiro atoms. The Morgan fingerprint density at radius 3 is 2.96 bits per heavy atom. The molecule has 0 bridgehead atoms. The topological polar surface area (TPSA) is 84.8 Å². The summed E-state index contributed by atoms with van der Waals surface area (Å²) in [5, 5.41) is 15.4. The minimum atomic E-state index is -0.109. The highest BCUT2D eigenvalue weighted by atomic mass is 16.5. The average Bonchev–Trinajstić information content (AvgIpc) is 3.36. The van der Waals surface area contributed by atoms with Gasteiger partial charge in [-0.1, -0.05) is 0 Å². The SMILES string of the molecule is COc1ccc(-n2cccn2)c([C@@H]2CC(=O)Nc3cc4[nH]ncc4cc32)c1. The molecule has 2 N–H and O–H groups in total. The first-order chi connectivity index (χ1) is 13.2. The smallest absolute Gasteiger partial charge is 0.225 e. The van der Waals surface area contributed by atoms with E-state index in [1.54, 1.807) is 19.5 Å². The Kier molecular flexibility index (Phi) is 3.46. The Labute approximate surface area is 155 Å². The molecular weight excluding hydrogens is 342 g/mol. The maximum atomic E-state index is 12.4. The number of benzene rings is 2. The summed E-state index contributed by atoms with van der Waals surface area (Å²) in [6.45, 7) is 0. The third-order valence-electron chi connectivity index (χ3n) is 5.01. The van der Waals surface area contributed by atoms with Crippen LogP contribution in [-0.2, 0) is 4.79 Å². The van der Waals surface area contributed by atoms with E-state index >= 15 is 0 Å². The molecule has 0 fully saturated rings. The van der Waals surface area contributed by atoms with Crippen LogP contribution < -0.4 is 10.1 Å². The van der Waals surface area contributed by atoms with Crippen LogP contribution in [0.25, 0.3) is 16.6 Å². The first-order valence-corrected chi connectivity index (χ1v) is 8.68. The van der Waals surface area contributed by atoms with E-state index in [0.29, 0.717) is 6.42 Å². The van der Waals surface area contributed by atoms with Crippen LogP contribution >= 0.6 is 0 Å². The number of aromatic nitrogens is 4. The number of nitrogens with one attached hydrogen (secondary N) is 2. The number of hydrogen-bond donors (Lipinski definition) is 2. The first-order valence-electron chi connectivity index (χ1n) is 8.68. The molecule has 5 rings (SSSR count). The lowest BCUT2D eigenvalue weighted by Crippen LogP contribution is -2.24. The summed E-state index contributed by atoms with van der Waals surface area (Å²) in [6, 6.07) is 11.8. The summed E-state index contributed by atoms with van der Waals surface area (Å²) < 4.78 is 7.26. The quantitative estimate of drug-likeness (QED) is 0.588. The van der Waals surface area contributed by atoms with Gasteiger partial charge in [0.15, 0.2) is 0 Å². The second-order valence-electron chi connectivity index (χ2n) is 6.58. The fourth-order valence-electron chi connectivity index (χ4n) is 3.74. The summed E-state index contributed by atoms with van der Waals surface area (Å²) in [7, 11) is 1.64. The molecule has 7 nitrogen and oxygen atoms in total. The van der Waals surface area contributed by atoms with Crippen molar-refractivity contribution in [3.05, 3.63) is 66.1 Å². The van der Waals surface area contributed by atoms with Gasteiger partial charge in [-0.25, -0.2) is 4.68 Å². The molecule has 2 aromatic carbocycles. The number of anilines is 1. The van der Waals surface area contributed by atoms with Crippen molar-refractivity contribution < 1.29 is 9.53 Å². The number of H-pyrrole nitrogens is 1. The number of fused-ring (bicyclic) bond motifs is 2. The van der Waals surface area contributed by atoms with Crippen LogP contribution in [0.2, 0.25) is 0 Å². The molecule has 0 radical (unpaired) electrons. The zero-order valence-corrected chi connectivity index (χ0v) is 14.6. The molecule has 1 atom stereocenters. The Morgan fingerprint density at radius 1 is 1.22 bits per heavy atom. The van der Waals surface area contributed by atoms with E-state index in [-0.39, 0.29) is 11.8 Å². The van der Waals surface area contributed by atoms with E-state index < -0.39 is 0 Å². The van der Waals surface area contributed by atoms with Crippen LogP contribution in [-0.4, -0.2) is 33.0 Å². The van der Waals surface area contributed by atoms with Gasteiger partial charge in [-0.05, 0) is 47.5 Å². The van der Waals surface area contributed by atoms with Gasteiger partial charge < -0.3 is 10.1 Å². The molecule has 2 aromatic heterocycles. The Morgan fingerprint density at radius 2 is 2.15 bits per heavy atom. The number of ether oxygens (including phenoxy) is 1. The number of hydrogen-bond acceptors (Lipinski definition) is 4. The maximum Gasteiger partial charge on any atom is 0.225 e. The molecule has 134 valence electrons. The van der Waals surface area contributed by atoms with E-state index in [4.69, 9.17) is 4.74 Å². The third kappa shape index (κ3) is 2.55. The lowest BCUT2D eigenvalue weighted by molar-refractivity contribution is -0.116. The zero-order chi connectivity index (χ0) is 18.4. The maximum absolute atomic E-state index is 12.4. The molecule has 0 unspecified atom stereocenters. The lowest BCUT2D eigenvalue weighted by Gasteiger charge is -2.28. The standard InChI is InChI=1S/C20H17N5O2/c1-27-13-3-4-19(25-6-2-5-22-25)16(8-13)14-9-20(26)23-18-10-17-12(7-15(14)18)11-21-24-17/h2-8,10-11,14H,9H2,1H3,(H,21,24)(H,23,26)/t14-/m1/s1. The molecule has 0 saturated heterocycles. The molecule has 0 aliphatic carbocycles. The van der Waals surface area contributed by atoms with Crippen molar-refractivity contribution >= 4 is 22.5 Å². The minimum Gasteiger partial charge on any atom is -0.497 e. The minimum absolute atomic E-state index is 0.0133. The Hall–Kier alpha value is -3.61. The largest absolute Gasteiger partial charge is 0.497 e. The van der Waals surface area contributed by atoms with E-state index in [9.17, 15) is 4.79 Å². The van der Waals surface area contributed by atoms with E-state index in [2.05, 4.69) is 26.7 Å². The summed E-state index contributed by atoms with van der Waals surface area (Å²) in [4.78, 5) is 12.4. The predicted molar refractivity (Wildman–Crippen MR) is 101 cm³/mol. The van der Waals surface area contributed by atoms with E-state index in [1.165, 1.54) is 0 Å². The molecule has 4 aromatic rings. The van der Waals surface area contributed by atoms with Crippen molar-refractivity contribution in [1.29, 1.82) is 0 Å². The van der Waals surface area contributed by atoms with Gasteiger partial charge in [0, 0.05) is 35.8 Å². The zero-order valence-electron chi connectivity index (χ0n) is 14.6. The molecular formula is C20H17N5O2. The number of aromatic amines is 1. The number of rotatable bonds is 3. The summed E-state index contributed by atoms with van der Waals surface area (Å²) >= 11 is 0. The van der Waals surface area contributed by atoms with Crippen LogP contribution in [0.4, 0.5) is 5.69 Å². The van der Waals surface area contributed by atoms with Gasteiger partial charge in [-0.15, -0.1) is 0 Å². The Balaban J connectivity index is 1.74. The van der Waals surface area contributed by atoms with Gasteiger partial charge in [0.25, 0.3) is 0 Å². The summed E-state index contributed by atoms with van der Waals surface area (Å²) in [5.74, 6) is 0.626. The summed E-state index contributed by atoms with van der Waals surface area (Å²) in [5.41, 5.74) is 4.69. The average molecular weight is 359 g/mol. The Bertz CT molecular complexity index is 1150.